The van der Waals surface area contributed by atoms with Gasteiger partial charge >= 0.3 is 5.97 Å². The predicted octanol–water partition coefficient (Wildman–Crippen LogP) is 4.36. The number of benzene rings is 2. The van der Waals surface area contributed by atoms with Gasteiger partial charge in [-0.05, 0) is 55.5 Å². The quantitative estimate of drug-likeness (QED) is 0.413. The first-order valence-corrected chi connectivity index (χ1v) is 12.3. The van der Waals surface area contributed by atoms with E-state index >= 15 is 0 Å². The summed E-state index contributed by atoms with van der Waals surface area (Å²) in [6.07, 6.45) is 3.91. The second-order valence-electron chi connectivity index (χ2n) is 10.3. The highest BCUT2D eigenvalue weighted by Gasteiger charge is 2.60. The van der Waals surface area contributed by atoms with Crippen LogP contribution in [0.1, 0.15) is 11.1 Å². The lowest BCUT2D eigenvalue weighted by molar-refractivity contribution is -0.139. The molecular weight excluding hydrogens is 452 g/mol. The van der Waals surface area contributed by atoms with Crippen LogP contribution in [0.15, 0.2) is 54.9 Å². The molecule has 1 saturated carbocycles. The van der Waals surface area contributed by atoms with Gasteiger partial charge in [0.15, 0.2) is 0 Å². The number of carbonyl (C=O) groups is 1. The lowest BCUT2D eigenvalue weighted by Crippen LogP contribution is -2.26. The molecule has 8 heteroatoms. The summed E-state index contributed by atoms with van der Waals surface area (Å²) in [5, 5.41) is 21.2. The summed E-state index contributed by atoms with van der Waals surface area (Å²) in [5.74, 6) is 0.553. The van der Waals surface area contributed by atoms with Gasteiger partial charge in [-0.15, -0.1) is 0 Å². The van der Waals surface area contributed by atoms with E-state index in [2.05, 4.69) is 48.1 Å². The van der Waals surface area contributed by atoms with Crippen molar-refractivity contribution < 1.29 is 9.90 Å². The van der Waals surface area contributed by atoms with E-state index in [9.17, 15) is 9.90 Å². The SMILES string of the molecule is Cc1cc(C)c2c(c1)c(-c1cccc3nn(C)cc13)nn2-c1ccc(N2CC3C(C2)C3C(=O)O)nc1. The fourth-order valence-electron chi connectivity index (χ4n) is 6.15. The Labute approximate surface area is 207 Å². The molecule has 2 aromatic carbocycles. The molecular formula is C28H26N6O2. The van der Waals surface area contributed by atoms with Gasteiger partial charge in [-0.25, -0.2) is 9.67 Å². The summed E-state index contributed by atoms with van der Waals surface area (Å²) in [7, 11) is 1.94. The van der Waals surface area contributed by atoms with Gasteiger partial charge in [0.2, 0.25) is 0 Å². The van der Waals surface area contributed by atoms with Crippen LogP contribution in [0.25, 0.3) is 38.8 Å². The second kappa shape index (κ2) is 7.40. The summed E-state index contributed by atoms with van der Waals surface area (Å²) in [6.45, 7) is 5.76. The van der Waals surface area contributed by atoms with Crippen LogP contribution < -0.4 is 4.90 Å². The molecule has 8 nitrogen and oxygen atoms in total. The van der Waals surface area contributed by atoms with E-state index in [-0.39, 0.29) is 17.8 Å². The number of aromatic nitrogens is 5. The van der Waals surface area contributed by atoms with E-state index in [1.54, 1.807) is 0 Å². The number of aryl methyl sites for hydroxylation is 3. The van der Waals surface area contributed by atoms with Crippen molar-refractivity contribution in [3.05, 3.63) is 66.0 Å². The average molecular weight is 479 g/mol. The Morgan fingerprint density at radius 2 is 1.83 bits per heavy atom. The lowest BCUT2D eigenvalue weighted by Gasteiger charge is -2.20. The number of fused-ring (bicyclic) bond motifs is 3. The van der Waals surface area contributed by atoms with Crippen molar-refractivity contribution in [1.29, 1.82) is 0 Å². The largest absolute Gasteiger partial charge is 0.481 e. The topological polar surface area (TPSA) is 89.1 Å². The Bertz CT molecular complexity index is 1670. The van der Waals surface area contributed by atoms with Crippen molar-refractivity contribution in [2.45, 2.75) is 13.8 Å². The van der Waals surface area contributed by atoms with Crippen LogP contribution in [0.5, 0.6) is 0 Å². The molecule has 4 heterocycles. The Morgan fingerprint density at radius 1 is 1.03 bits per heavy atom. The molecule has 1 saturated heterocycles. The van der Waals surface area contributed by atoms with Crippen molar-refractivity contribution in [2.75, 3.05) is 18.0 Å². The number of piperidine rings is 1. The van der Waals surface area contributed by atoms with E-state index in [1.807, 2.05) is 47.0 Å². The van der Waals surface area contributed by atoms with Crippen molar-refractivity contribution in [1.82, 2.24) is 24.5 Å². The molecule has 2 unspecified atom stereocenters. The third-order valence-electron chi connectivity index (χ3n) is 7.81. The standard InChI is InChI=1S/C28H26N6O2/c1-15-9-16(2)27-19(10-15)26(18-5-4-6-23-20(18)12-32(3)30-23)31-34(27)17-7-8-24(29-11-17)33-13-21-22(14-33)25(21)28(35)36/h4-12,21-22,25H,13-14H2,1-3H3,(H,35,36). The van der Waals surface area contributed by atoms with E-state index in [1.165, 1.54) is 5.56 Å². The van der Waals surface area contributed by atoms with Gasteiger partial charge in [0.05, 0.1) is 28.8 Å². The molecule has 1 aliphatic carbocycles. The monoisotopic (exact) mass is 478 g/mol. The normalized spacial score (nSPS) is 20.9. The van der Waals surface area contributed by atoms with Crippen LogP contribution in [0.3, 0.4) is 0 Å². The molecule has 180 valence electrons. The number of rotatable bonds is 4. The first-order chi connectivity index (χ1) is 17.4. The summed E-state index contributed by atoms with van der Waals surface area (Å²) in [6, 6.07) is 14.6. The number of carboxylic acid groups (broad SMARTS) is 1. The molecule has 5 aromatic rings. The van der Waals surface area contributed by atoms with Crippen molar-refractivity contribution >= 4 is 33.6 Å². The van der Waals surface area contributed by atoms with Gasteiger partial charge in [-0.2, -0.15) is 10.2 Å². The van der Waals surface area contributed by atoms with Crippen molar-refractivity contribution in [3.63, 3.8) is 0 Å². The molecule has 2 fully saturated rings. The maximum absolute atomic E-state index is 11.3. The maximum Gasteiger partial charge on any atom is 0.307 e. The highest BCUT2D eigenvalue weighted by atomic mass is 16.4. The number of hydrogen-bond acceptors (Lipinski definition) is 5. The fraction of sp³-hybridized carbons (Fsp3) is 0.286. The zero-order valence-corrected chi connectivity index (χ0v) is 20.4. The van der Waals surface area contributed by atoms with Gasteiger partial charge in [-0.3, -0.25) is 9.48 Å². The number of aliphatic carboxylic acids is 1. The molecule has 1 N–H and O–H groups in total. The van der Waals surface area contributed by atoms with Crippen LogP contribution in [0, 0.1) is 31.6 Å². The molecule has 0 spiro atoms. The van der Waals surface area contributed by atoms with Crippen LogP contribution in [-0.2, 0) is 11.8 Å². The number of carboxylic acids is 1. The summed E-state index contributed by atoms with van der Waals surface area (Å²) < 4.78 is 3.83. The second-order valence-corrected chi connectivity index (χ2v) is 10.3. The lowest BCUT2D eigenvalue weighted by atomic mass is 10.0. The van der Waals surface area contributed by atoms with Gasteiger partial charge in [0, 0.05) is 42.7 Å². The third-order valence-corrected chi connectivity index (χ3v) is 7.81. The molecule has 7 rings (SSSR count). The van der Waals surface area contributed by atoms with E-state index in [0.717, 1.165) is 63.2 Å². The first-order valence-electron chi connectivity index (χ1n) is 12.3. The Morgan fingerprint density at radius 3 is 2.56 bits per heavy atom. The fourth-order valence-corrected chi connectivity index (χ4v) is 6.15. The minimum absolute atomic E-state index is 0.176. The molecule has 2 aliphatic rings. The van der Waals surface area contributed by atoms with Crippen LogP contribution >= 0.6 is 0 Å². The van der Waals surface area contributed by atoms with Gasteiger partial charge < -0.3 is 10.0 Å². The minimum Gasteiger partial charge on any atom is -0.481 e. The molecule has 0 radical (unpaired) electrons. The molecule has 3 aromatic heterocycles. The Balaban J connectivity index is 1.31. The first kappa shape index (κ1) is 21.1. The number of pyridine rings is 1. The highest BCUT2D eigenvalue weighted by Crippen LogP contribution is 2.52. The van der Waals surface area contributed by atoms with Crippen molar-refractivity contribution in [2.24, 2.45) is 24.8 Å². The van der Waals surface area contributed by atoms with Gasteiger partial charge in [0.25, 0.3) is 0 Å². The summed E-state index contributed by atoms with van der Waals surface area (Å²) in [4.78, 5) is 18.3. The van der Waals surface area contributed by atoms with E-state index < -0.39 is 5.97 Å². The number of nitrogens with zero attached hydrogens (tertiary/aromatic N) is 6. The minimum atomic E-state index is -0.665. The molecule has 0 amide bonds. The number of anilines is 1. The molecule has 36 heavy (non-hydrogen) atoms. The highest BCUT2D eigenvalue weighted by molar-refractivity contribution is 6.03. The third kappa shape index (κ3) is 3.07. The zero-order chi connectivity index (χ0) is 24.7. The van der Waals surface area contributed by atoms with Crippen molar-refractivity contribution in [3.8, 4) is 16.9 Å². The average Bonchev–Trinajstić information content (AvgIpc) is 3.18. The Kier molecular flexibility index (Phi) is 4.34. The van der Waals surface area contributed by atoms with E-state index in [0.29, 0.717) is 0 Å². The molecule has 2 atom stereocenters. The predicted molar refractivity (Wildman–Crippen MR) is 138 cm³/mol. The summed E-state index contributed by atoms with van der Waals surface area (Å²) >= 11 is 0. The number of hydrogen-bond donors (Lipinski definition) is 1. The molecule has 0 bridgehead atoms. The maximum atomic E-state index is 11.3. The van der Waals surface area contributed by atoms with E-state index in [4.69, 9.17) is 10.1 Å². The molecule has 1 aliphatic heterocycles. The van der Waals surface area contributed by atoms with Crippen LogP contribution in [0.2, 0.25) is 0 Å². The van der Waals surface area contributed by atoms with Gasteiger partial charge in [-0.1, -0.05) is 23.8 Å². The van der Waals surface area contributed by atoms with Gasteiger partial charge in [0.1, 0.15) is 11.5 Å². The summed E-state index contributed by atoms with van der Waals surface area (Å²) in [5.41, 5.74) is 7.25. The van der Waals surface area contributed by atoms with Crippen LogP contribution in [0.4, 0.5) is 5.82 Å². The Hall–Kier alpha value is -4.20. The van der Waals surface area contributed by atoms with Crippen LogP contribution in [-0.4, -0.2) is 48.7 Å². The smallest absolute Gasteiger partial charge is 0.307 e. The zero-order valence-electron chi connectivity index (χ0n) is 20.4.